The summed E-state index contributed by atoms with van der Waals surface area (Å²) in [7, 11) is 0. The molecule has 0 aromatic carbocycles. The zero-order chi connectivity index (χ0) is 13.3. The van der Waals surface area contributed by atoms with Crippen LogP contribution in [0.2, 0.25) is 0 Å². The number of nitrogens with zero attached hydrogens (tertiary/aromatic N) is 2. The van der Waals surface area contributed by atoms with Gasteiger partial charge >= 0.3 is 0 Å². The first kappa shape index (κ1) is 13.4. The zero-order valence-corrected chi connectivity index (χ0v) is 12.1. The van der Waals surface area contributed by atoms with Gasteiger partial charge in [0, 0.05) is 0 Å². The number of rotatable bonds is 3. The van der Waals surface area contributed by atoms with Crippen molar-refractivity contribution in [3.05, 3.63) is 0 Å². The molecule has 0 N–H and O–H groups in total. The van der Waals surface area contributed by atoms with Crippen molar-refractivity contribution in [3.63, 3.8) is 0 Å². The van der Waals surface area contributed by atoms with Crippen LogP contribution in [0.1, 0.15) is 41.0 Å². The molecule has 102 valence electrons. The second kappa shape index (κ2) is 4.90. The molecular weight excluding hydrogens is 228 g/mol. The maximum atomic E-state index is 5.64. The van der Waals surface area contributed by atoms with Crippen LogP contribution in [0.5, 0.6) is 0 Å². The van der Waals surface area contributed by atoms with Crippen LogP contribution in [0.25, 0.3) is 0 Å². The minimum Gasteiger partial charge on any atom is -0.478 e. The van der Waals surface area contributed by atoms with E-state index in [0.29, 0.717) is 31.6 Å². The molecule has 2 unspecified atom stereocenters. The summed E-state index contributed by atoms with van der Waals surface area (Å²) in [5, 5.41) is 0. The van der Waals surface area contributed by atoms with Gasteiger partial charge in [0.25, 0.3) is 0 Å². The molecule has 0 aromatic heterocycles. The largest absolute Gasteiger partial charge is 0.478 e. The highest BCUT2D eigenvalue weighted by atomic mass is 16.5. The monoisotopic (exact) mass is 252 g/mol. The van der Waals surface area contributed by atoms with Crippen LogP contribution >= 0.6 is 0 Å². The summed E-state index contributed by atoms with van der Waals surface area (Å²) in [6.45, 7) is 12.3. The van der Waals surface area contributed by atoms with Gasteiger partial charge in [-0.1, -0.05) is 34.6 Å². The summed E-state index contributed by atoms with van der Waals surface area (Å²) in [5.41, 5.74) is 0.153. The van der Waals surface area contributed by atoms with Gasteiger partial charge in [0.15, 0.2) is 11.8 Å². The second-order valence-corrected chi connectivity index (χ2v) is 6.54. The van der Waals surface area contributed by atoms with Crippen LogP contribution in [-0.2, 0) is 9.47 Å². The number of ether oxygens (including phenoxy) is 2. The van der Waals surface area contributed by atoms with Crippen molar-refractivity contribution in [2.45, 2.75) is 53.1 Å². The zero-order valence-electron chi connectivity index (χ0n) is 12.1. The summed E-state index contributed by atoms with van der Waals surface area (Å²) in [5.74, 6) is 2.08. The summed E-state index contributed by atoms with van der Waals surface area (Å²) in [6.07, 6.45) is 0.607. The van der Waals surface area contributed by atoms with E-state index >= 15 is 0 Å². The summed E-state index contributed by atoms with van der Waals surface area (Å²) < 4.78 is 11.2. The van der Waals surface area contributed by atoms with Crippen molar-refractivity contribution in [1.29, 1.82) is 0 Å². The second-order valence-electron chi connectivity index (χ2n) is 6.54. The smallest absolute Gasteiger partial charge is 0.193 e. The lowest BCUT2D eigenvalue weighted by molar-refractivity contribution is 0.233. The molecule has 2 aliphatic rings. The molecule has 4 heteroatoms. The van der Waals surface area contributed by atoms with Gasteiger partial charge in [-0.2, -0.15) is 0 Å². The Morgan fingerprint density at radius 1 is 1.11 bits per heavy atom. The minimum absolute atomic E-state index is 0.153. The third-order valence-corrected chi connectivity index (χ3v) is 3.51. The standard InChI is InChI=1S/C14H24N2O2/c1-9(2)10-7-17-12(15-10)6-13-16-11(8-18-13)14(3,4)5/h9-11H,6-8H2,1-5H3. The normalized spacial score (nSPS) is 27.9. The predicted octanol–water partition coefficient (Wildman–Crippen LogP) is 2.67. The van der Waals surface area contributed by atoms with Crippen molar-refractivity contribution in [1.82, 2.24) is 0 Å². The average Bonchev–Trinajstić information content (AvgIpc) is 2.85. The van der Waals surface area contributed by atoms with E-state index in [0.717, 1.165) is 11.8 Å². The van der Waals surface area contributed by atoms with Crippen molar-refractivity contribution in [3.8, 4) is 0 Å². The average molecular weight is 252 g/mol. The van der Waals surface area contributed by atoms with Gasteiger partial charge in [0.2, 0.25) is 0 Å². The Kier molecular flexibility index (Phi) is 3.64. The molecule has 0 bridgehead atoms. The van der Waals surface area contributed by atoms with E-state index in [1.807, 2.05) is 0 Å². The quantitative estimate of drug-likeness (QED) is 0.775. The fourth-order valence-electron chi connectivity index (χ4n) is 1.97. The molecule has 0 aliphatic carbocycles. The lowest BCUT2D eigenvalue weighted by atomic mass is 9.88. The molecule has 0 saturated carbocycles. The number of aliphatic imine (C=N–C) groups is 2. The van der Waals surface area contributed by atoms with E-state index in [1.54, 1.807) is 0 Å². The van der Waals surface area contributed by atoms with Gasteiger partial charge in [-0.05, 0) is 11.3 Å². The third-order valence-electron chi connectivity index (χ3n) is 3.51. The van der Waals surface area contributed by atoms with Gasteiger partial charge in [-0.3, -0.25) is 0 Å². The Balaban J connectivity index is 1.94. The molecule has 0 spiro atoms. The molecule has 2 rings (SSSR count). The molecule has 0 aromatic rings. The Morgan fingerprint density at radius 2 is 1.72 bits per heavy atom. The Labute approximate surface area is 109 Å². The molecule has 18 heavy (non-hydrogen) atoms. The highest BCUT2D eigenvalue weighted by Crippen LogP contribution is 2.27. The highest BCUT2D eigenvalue weighted by molar-refractivity contribution is 5.98. The SMILES string of the molecule is CC(C)C1COC(CC2=NC(C(C)(C)C)CO2)=N1. The van der Waals surface area contributed by atoms with Crippen LogP contribution in [0.15, 0.2) is 9.98 Å². The van der Waals surface area contributed by atoms with Crippen LogP contribution in [0.4, 0.5) is 0 Å². The van der Waals surface area contributed by atoms with Gasteiger partial charge in [-0.25, -0.2) is 9.98 Å². The first-order chi connectivity index (χ1) is 8.36. The Bertz CT molecular complexity index is 366. The van der Waals surface area contributed by atoms with Crippen LogP contribution < -0.4 is 0 Å². The van der Waals surface area contributed by atoms with E-state index in [-0.39, 0.29) is 11.5 Å². The van der Waals surface area contributed by atoms with Crippen molar-refractivity contribution < 1.29 is 9.47 Å². The summed E-state index contributed by atoms with van der Waals surface area (Å²) in [6, 6.07) is 0.538. The molecular formula is C14H24N2O2. The van der Waals surface area contributed by atoms with Gasteiger partial charge in [-0.15, -0.1) is 0 Å². The predicted molar refractivity (Wildman–Crippen MR) is 73.3 cm³/mol. The van der Waals surface area contributed by atoms with Crippen molar-refractivity contribution >= 4 is 11.8 Å². The first-order valence-electron chi connectivity index (χ1n) is 6.75. The molecule has 4 nitrogen and oxygen atoms in total. The van der Waals surface area contributed by atoms with E-state index < -0.39 is 0 Å². The Morgan fingerprint density at radius 3 is 2.22 bits per heavy atom. The minimum atomic E-state index is 0.153. The maximum absolute atomic E-state index is 5.64. The van der Waals surface area contributed by atoms with Crippen LogP contribution in [0, 0.1) is 11.3 Å². The Hall–Kier alpha value is -1.06. The fourth-order valence-corrected chi connectivity index (χ4v) is 1.97. The van der Waals surface area contributed by atoms with Gasteiger partial charge in [0.05, 0.1) is 18.5 Å². The third kappa shape index (κ3) is 3.03. The molecule has 2 aliphatic heterocycles. The van der Waals surface area contributed by atoms with E-state index in [9.17, 15) is 0 Å². The van der Waals surface area contributed by atoms with E-state index in [2.05, 4.69) is 44.6 Å². The molecule has 0 fully saturated rings. The van der Waals surface area contributed by atoms with Crippen molar-refractivity contribution in [2.24, 2.45) is 21.3 Å². The molecule has 2 heterocycles. The molecule has 0 saturated heterocycles. The number of hydrogen-bond acceptors (Lipinski definition) is 4. The first-order valence-corrected chi connectivity index (χ1v) is 6.75. The molecule has 0 radical (unpaired) electrons. The molecule has 0 amide bonds. The van der Waals surface area contributed by atoms with Gasteiger partial charge in [0.1, 0.15) is 13.2 Å². The van der Waals surface area contributed by atoms with E-state index in [1.165, 1.54) is 0 Å². The number of hydrogen-bond donors (Lipinski definition) is 0. The lowest BCUT2D eigenvalue weighted by Crippen LogP contribution is -2.25. The topological polar surface area (TPSA) is 43.2 Å². The van der Waals surface area contributed by atoms with Crippen LogP contribution in [-0.4, -0.2) is 37.1 Å². The molecule has 2 atom stereocenters. The lowest BCUT2D eigenvalue weighted by Gasteiger charge is -2.21. The van der Waals surface area contributed by atoms with E-state index in [4.69, 9.17) is 9.47 Å². The van der Waals surface area contributed by atoms with Crippen molar-refractivity contribution in [2.75, 3.05) is 13.2 Å². The fraction of sp³-hybridized carbons (Fsp3) is 0.857. The highest BCUT2D eigenvalue weighted by Gasteiger charge is 2.31. The summed E-state index contributed by atoms with van der Waals surface area (Å²) in [4.78, 5) is 9.20. The van der Waals surface area contributed by atoms with Gasteiger partial charge < -0.3 is 9.47 Å². The maximum Gasteiger partial charge on any atom is 0.193 e. The van der Waals surface area contributed by atoms with Crippen LogP contribution in [0.3, 0.4) is 0 Å². The summed E-state index contributed by atoms with van der Waals surface area (Å²) >= 11 is 0.